The Kier molecular flexibility index (Phi) is 4.92. The monoisotopic (exact) mass is 313 g/mol. The summed E-state index contributed by atoms with van der Waals surface area (Å²) in [7, 11) is 0. The zero-order valence-corrected chi connectivity index (χ0v) is 13.4. The van der Waals surface area contributed by atoms with E-state index in [9.17, 15) is 4.79 Å². The molecule has 3 rings (SSSR count). The lowest BCUT2D eigenvalue weighted by atomic mass is 10.2. The van der Waals surface area contributed by atoms with Gasteiger partial charge in [-0.3, -0.25) is 9.58 Å². The number of hydrogen-bond donors (Lipinski definition) is 2. The molecular weight excluding hydrogens is 290 g/mol. The van der Waals surface area contributed by atoms with Crippen LogP contribution in [0.5, 0.6) is 0 Å². The molecule has 0 bridgehead atoms. The Labute approximate surface area is 136 Å². The zero-order chi connectivity index (χ0) is 16.1. The lowest BCUT2D eigenvalue weighted by molar-refractivity contribution is 0.247. The number of benzene rings is 1. The minimum Gasteiger partial charge on any atom is -0.334 e. The molecule has 0 aliphatic carbocycles. The Morgan fingerprint density at radius 3 is 2.91 bits per heavy atom. The number of carbonyl (C=O) groups excluding carboxylic acids is 1. The fourth-order valence-electron chi connectivity index (χ4n) is 2.89. The Hall–Kier alpha value is -2.34. The van der Waals surface area contributed by atoms with Crippen molar-refractivity contribution in [2.75, 3.05) is 18.4 Å². The Morgan fingerprint density at radius 2 is 2.17 bits per heavy atom. The summed E-state index contributed by atoms with van der Waals surface area (Å²) in [5.74, 6) is 0. The quantitative estimate of drug-likeness (QED) is 0.890. The highest BCUT2D eigenvalue weighted by molar-refractivity contribution is 5.89. The maximum atomic E-state index is 12.1. The summed E-state index contributed by atoms with van der Waals surface area (Å²) in [4.78, 5) is 14.4. The number of aryl methyl sites for hydroxylation is 1. The number of likely N-dealkylation sites (tertiary alicyclic amines) is 1. The third kappa shape index (κ3) is 4.32. The molecule has 1 aliphatic heterocycles. The summed E-state index contributed by atoms with van der Waals surface area (Å²) >= 11 is 0. The molecule has 2 heterocycles. The van der Waals surface area contributed by atoms with E-state index in [4.69, 9.17) is 0 Å². The van der Waals surface area contributed by atoms with Gasteiger partial charge in [-0.15, -0.1) is 0 Å². The Bertz CT molecular complexity index is 639. The van der Waals surface area contributed by atoms with Crippen molar-refractivity contribution in [1.82, 2.24) is 20.0 Å². The fourth-order valence-corrected chi connectivity index (χ4v) is 2.89. The summed E-state index contributed by atoms with van der Waals surface area (Å²) in [6.45, 7) is 5.63. The molecule has 1 aliphatic rings. The van der Waals surface area contributed by atoms with E-state index in [0.717, 1.165) is 38.3 Å². The van der Waals surface area contributed by atoms with Crippen LogP contribution in [0.15, 0.2) is 42.7 Å². The minimum absolute atomic E-state index is 0.160. The van der Waals surface area contributed by atoms with E-state index in [2.05, 4.69) is 44.9 Å². The number of rotatable bonds is 5. The van der Waals surface area contributed by atoms with Crippen LogP contribution >= 0.6 is 0 Å². The molecule has 23 heavy (non-hydrogen) atoms. The van der Waals surface area contributed by atoms with E-state index in [0.29, 0.717) is 0 Å². The average Bonchev–Trinajstić information content (AvgIpc) is 3.18. The van der Waals surface area contributed by atoms with E-state index in [1.54, 1.807) is 10.9 Å². The Morgan fingerprint density at radius 1 is 1.35 bits per heavy atom. The lowest BCUT2D eigenvalue weighted by Crippen LogP contribution is -2.39. The van der Waals surface area contributed by atoms with Gasteiger partial charge in [-0.25, -0.2) is 4.79 Å². The molecule has 2 aromatic rings. The summed E-state index contributed by atoms with van der Waals surface area (Å²) in [5, 5.41) is 10.0. The first-order chi connectivity index (χ1) is 11.2. The van der Waals surface area contributed by atoms with Crippen LogP contribution in [0.25, 0.3) is 0 Å². The van der Waals surface area contributed by atoms with E-state index < -0.39 is 0 Å². The van der Waals surface area contributed by atoms with E-state index in [1.165, 1.54) is 5.56 Å². The molecule has 6 nitrogen and oxygen atoms in total. The number of nitrogens with one attached hydrogen (secondary N) is 2. The topological polar surface area (TPSA) is 62.2 Å². The van der Waals surface area contributed by atoms with Crippen LogP contribution in [0.3, 0.4) is 0 Å². The summed E-state index contributed by atoms with van der Waals surface area (Å²) in [5.41, 5.74) is 2.04. The molecule has 0 unspecified atom stereocenters. The van der Waals surface area contributed by atoms with Crippen molar-refractivity contribution < 1.29 is 4.79 Å². The number of nitrogens with zero attached hydrogens (tertiary/aromatic N) is 3. The number of hydrogen-bond acceptors (Lipinski definition) is 3. The average molecular weight is 313 g/mol. The van der Waals surface area contributed by atoms with Crippen molar-refractivity contribution in [1.29, 1.82) is 0 Å². The van der Waals surface area contributed by atoms with Gasteiger partial charge in [0.15, 0.2) is 0 Å². The predicted molar refractivity (Wildman–Crippen MR) is 90.2 cm³/mol. The summed E-state index contributed by atoms with van der Waals surface area (Å²) in [6, 6.07) is 10.5. The van der Waals surface area contributed by atoms with Crippen molar-refractivity contribution in [2.45, 2.75) is 32.5 Å². The van der Waals surface area contributed by atoms with E-state index in [1.807, 2.05) is 19.2 Å². The number of amides is 2. The largest absolute Gasteiger partial charge is 0.334 e. The van der Waals surface area contributed by atoms with Gasteiger partial charge in [0.05, 0.1) is 11.9 Å². The molecule has 1 aromatic heterocycles. The van der Waals surface area contributed by atoms with Crippen molar-refractivity contribution in [3.8, 4) is 0 Å². The van der Waals surface area contributed by atoms with Crippen LogP contribution in [-0.4, -0.2) is 39.8 Å². The molecular formula is C17H23N5O. The maximum absolute atomic E-state index is 12.1. The first-order valence-electron chi connectivity index (χ1n) is 8.09. The van der Waals surface area contributed by atoms with Gasteiger partial charge >= 0.3 is 6.03 Å². The van der Waals surface area contributed by atoms with Gasteiger partial charge in [-0.2, -0.15) is 5.10 Å². The van der Waals surface area contributed by atoms with E-state index in [-0.39, 0.29) is 12.1 Å². The molecule has 2 amide bonds. The summed E-state index contributed by atoms with van der Waals surface area (Å²) in [6.07, 6.45) is 4.48. The van der Waals surface area contributed by atoms with Crippen LogP contribution in [-0.2, 0) is 13.1 Å². The van der Waals surface area contributed by atoms with Crippen LogP contribution in [0, 0.1) is 0 Å². The maximum Gasteiger partial charge on any atom is 0.319 e. The second-order valence-corrected chi connectivity index (χ2v) is 5.89. The highest BCUT2D eigenvalue weighted by atomic mass is 16.2. The van der Waals surface area contributed by atoms with Gasteiger partial charge < -0.3 is 10.6 Å². The van der Waals surface area contributed by atoms with Gasteiger partial charge in [0, 0.05) is 38.4 Å². The smallest absolute Gasteiger partial charge is 0.319 e. The minimum atomic E-state index is -0.160. The van der Waals surface area contributed by atoms with Gasteiger partial charge in [-0.1, -0.05) is 30.3 Å². The van der Waals surface area contributed by atoms with Crippen molar-refractivity contribution in [3.63, 3.8) is 0 Å². The van der Waals surface area contributed by atoms with Gasteiger partial charge in [0.25, 0.3) is 0 Å². The van der Waals surface area contributed by atoms with Crippen LogP contribution in [0.2, 0.25) is 0 Å². The standard InChI is InChI=1S/C17H23N5O/c1-2-22-13-16(10-18-22)20-17(23)19-15-8-9-21(12-15)11-14-6-4-3-5-7-14/h3-7,10,13,15H,2,8-9,11-12H2,1H3,(H2,19,20,23)/t15-/m1/s1. The predicted octanol–water partition coefficient (Wildman–Crippen LogP) is 2.30. The molecule has 1 aromatic carbocycles. The normalized spacial score (nSPS) is 18.0. The molecule has 1 atom stereocenters. The SMILES string of the molecule is CCn1cc(NC(=O)N[C@@H]2CCN(Cc3ccccc3)C2)cn1. The number of carbonyl (C=O) groups is 1. The van der Waals surface area contributed by atoms with Crippen LogP contribution in [0.1, 0.15) is 18.9 Å². The van der Waals surface area contributed by atoms with Crippen molar-refractivity contribution in [2.24, 2.45) is 0 Å². The van der Waals surface area contributed by atoms with Crippen LogP contribution in [0.4, 0.5) is 10.5 Å². The van der Waals surface area contributed by atoms with Gasteiger partial charge in [-0.05, 0) is 18.9 Å². The van der Waals surface area contributed by atoms with Gasteiger partial charge in [0.1, 0.15) is 0 Å². The molecule has 0 saturated carbocycles. The lowest BCUT2D eigenvalue weighted by Gasteiger charge is -2.16. The Balaban J connectivity index is 1.45. The molecule has 1 fully saturated rings. The third-order valence-corrected chi connectivity index (χ3v) is 4.07. The highest BCUT2D eigenvalue weighted by Crippen LogP contribution is 2.13. The molecule has 1 saturated heterocycles. The number of anilines is 1. The fraction of sp³-hybridized carbons (Fsp3) is 0.412. The zero-order valence-electron chi connectivity index (χ0n) is 13.4. The molecule has 2 N–H and O–H groups in total. The molecule has 0 spiro atoms. The molecule has 122 valence electrons. The highest BCUT2D eigenvalue weighted by Gasteiger charge is 2.23. The van der Waals surface area contributed by atoms with Crippen molar-refractivity contribution >= 4 is 11.7 Å². The second kappa shape index (κ2) is 7.28. The second-order valence-electron chi connectivity index (χ2n) is 5.89. The van der Waals surface area contributed by atoms with Gasteiger partial charge in [0.2, 0.25) is 0 Å². The van der Waals surface area contributed by atoms with Crippen molar-refractivity contribution in [3.05, 3.63) is 48.3 Å². The van der Waals surface area contributed by atoms with Crippen LogP contribution < -0.4 is 10.6 Å². The number of aromatic nitrogens is 2. The first kappa shape index (κ1) is 15.6. The molecule has 0 radical (unpaired) electrons. The third-order valence-electron chi connectivity index (χ3n) is 4.07. The van der Waals surface area contributed by atoms with E-state index >= 15 is 0 Å². The number of urea groups is 1. The summed E-state index contributed by atoms with van der Waals surface area (Å²) < 4.78 is 1.78. The molecule has 6 heteroatoms. The first-order valence-corrected chi connectivity index (χ1v) is 8.09.